The van der Waals surface area contributed by atoms with Crippen molar-refractivity contribution in [2.75, 3.05) is 0 Å². The maximum absolute atomic E-state index is 12.0. The van der Waals surface area contributed by atoms with Gasteiger partial charge in [0.1, 0.15) is 18.7 Å². The van der Waals surface area contributed by atoms with Crippen molar-refractivity contribution < 1.29 is 13.9 Å². The summed E-state index contributed by atoms with van der Waals surface area (Å²) < 4.78 is 11.8. The largest absolute Gasteiger partial charge is 0.459 e. The number of nitrogens with zero attached hydrogens (tertiary/aromatic N) is 1. The molecule has 0 aliphatic rings. The third-order valence-corrected chi connectivity index (χ3v) is 4.84. The molecule has 2 heterocycles. The lowest BCUT2D eigenvalue weighted by atomic mass is 10.1. The van der Waals surface area contributed by atoms with Crippen molar-refractivity contribution >= 4 is 28.3 Å². The average molecular weight is 359 g/mol. The predicted octanol–water partition coefficient (Wildman–Crippen LogP) is 2.63. The average Bonchev–Trinajstić information content (AvgIpc) is 2.90. The van der Waals surface area contributed by atoms with Gasteiger partial charge >= 0.3 is 16.5 Å². The summed E-state index contributed by atoms with van der Waals surface area (Å²) >= 11 is 1.04. The Morgan fingerprint density at radius 1 is 1.28 bits per heavy atom. The second-order valence-corrected chi connectivity index (χ2v) is 6.49. The lowest BCUT2D eigenvalue weighted by molar-refractivity contribution is -0.145. The summed E-state index contributed by atoms with van der Waals surface area (Å²) in [6.45, 7) is 3.57. The van der Waals surface area contributed by atoms with E-state index >= 15 is 0 Å². The molecular formula is C18H17NO5S. The molecule has 0 fully saturated rings. The standard InChI is InChI=1S/C18H17NO5S/c1-3-12-4-5-14-13(7-16(20)24-15(14)6-12)9-23-17(21)8-19-11(2)10-25-18(19)22/h4-7,10H,3,8-9H2,1-2H3. The summed E-state index contributed by atoms with van der Waals surface area (Å²) in [6.07, 6.45) is 0.827. The number of aryl methyl sites for hydroxylation is 2. The van der Waals surface area contributed by atoms with Crippen LogP contribution < -0.4 is 10.5 Å². The van der Waals surface area contributed by atoms with Crippen molar-refractivity contribution in [2.45, 2.75) is 33.4 Å². The number of thiazole rings is 1. The molecule has 0 unspecified atom stereocenters. The Morgan fingerprint density at radius 2 is 2.08 bits per heavy atom. The lowest BCUT2D eigenvalue weighted by Crippen LogP contribution is -2.22. The van der Waals surface area contributed by atoms with Crippen molar-refractivity contribution in [3.8, 4) is 0 Å². The third-order valence-electron chi connectivity index (χ3n) is 3.96. The minimum atomic E-state index is -0.532. The van der Waals surface area contributed by atoms with Gasteiger partial charge in [0.05, 0.1) is 0 Å². The highest BCUT2D eigenvalue weighted by Crippen LogP contribution is 2.20. The lowest BCUT2D eigenvalue weighted by Gasteiger charge is -2.09. The molecule has 3 rings (SSSR count). The summed E-state index contributed by atoms with van der Waals surface area (Å²) in [5.41, 5.74) is 2.33. The molecule has 0 N–H and O–H groups in total. The Balaban J connectivity index is 1.80. The second-order valence-electron chi connectivity index (χ2n) is 5.66. The fraction of sp³-hybridized carbons (Fsp3) is 0.278. The van der Waals surface area contributed by atoms with Gasteiger partial charge in [0.15, 0.2) is 0 Å². The smallest absolute Gasteiger partial charge is 0.336 e. The van der Waals surface area contributed by atoms with Gasteiger partial charge in [0.25, 0.3) is 0 Å². The first-order valence-corrected chi connectivity index (χ1v) is 8.72. The van der Waals surface area contributed by atoms with Crippen LogP contribution in [0.3, 0.4) is 0 Å². The SMILES string of the molecule is CCc1ccc2c(COC(=O)Cn3c(C)csc3=O)cc(=O)oc2c1. The molecule has 6 nitrogen and oxygen atoms in total. The molecule has 0 aliphatic heterocycles. The van der Waals surface area contributed by atoms with Crippen LogP contribution in [0.1, 0.15) is 23.7 Å². The van der Waals surface area contributed by atoms with Crippen molar-refractivity contribution in [1.82, 2.24) is 4.57 Å². The first-order valence-electron chi connectivity index (χ1n) is 7.84. The number of ether oxygens (including phenoxy) is 1. The van der Waals surface area contributed by atoms with Gasteiger partial charge in [-0.3, -0.25) is 14.2 Å². The summed E-state index contributed by atoms with van der Waals surface area (Å²) in [7, 11) is 0. The van der Waals surface area contributed by atoms with Gasteiger partial charge in [-0.15, -0.1) is 0 Å². The van der Waals surface area contributed by atoms with E-state index in [4.69, 9.17) is 9.15 Å². The van der Waals surface area contributed by atoms with Crippen LogP contribution in [0.4, 0.5) is 0 Å². The molecule has 1 aromatic carbocycles. The number of aromatic nitrogens is 1. The number of rotatable bonds is 5. The molecule has 0 saturated heterocycles. The molecule has 0 amide bonds. The normalized spacial score (nSPS) is 11.0. The van der Waals surface area contributed by atoms with Crippen LogP contribution in [0, 0.1) is 6.92 Å². The van der Waals surface area contributed by atoms with Gasteiger partial charge in [-0.1, -0.05) is 30.4 Å². The van der Waals surface area contributed by atoms with Crippen molar-refractivity contribution in [1.29, 1.82) is 0 Å². The number of benzene rings is 1. The van der Waals surface area contributed by atoms with Crippen LogP contribution in [0.25, 0.3) is 11.0 Å². The van der Waals surface area contributed by atoms with Crippen LogP contribution in [0.2, 0.25) is 0 Å². The fourth-order valence-electron chi connectivity index (χ4n) is 2.54. The van der Waals surface area contributed by atoms with E-state index in [1.54, 1.807) is 12.3 Å². The topological polar surface area (TPSA) is 78.5 Å². The molecule has 0 bridgehead atoms. The molecule has 0 spiro atoms. The summed E-state index contributed by atoms with van der Waals surface area (Å²) in [5, 5.41) is 2.42. The molecular weight excluding hydrogens is 342 g/mol. The number of esters is 1. The van der Waals surface area contributed by atoms with Gasteiger partial charge in [-0.05, 0) is 25.0 Å². The Morgan fingerprint density at radius 3 is 2.76 bits per heavy atom. The molecule has 130 valence electrons. The maximum Gasteiger partial charge on any atom is 0.336 e. The highest BCUT2D eigenvalue weighted by Gasteiger charge is 2.12. The minimum absolute atomic E-state index is 0.0512. The molecule has 0 radical (unpaired) electrons. The zero-order valence-electron chi connectivity index (χ0n) is 13.9. The zero-order chi connectivity index (χ0) is 18.0. The van der Waals surface area contributed by atoms with E-state index in [-0.39, 0.29) is 18.0 Å². The highest BCUT2D eigenvalue weighted by atomic mass is 32.1. The molecule has 0 saturated carbocycles. The van der Waals surface area contributed by atoms with Gasteiger partial charge in [-0.25, -0.2) is 4.79 Å². The Labute approximate surface area is 147 Å². The van der Waals surface area contributed by atoms with Gasteiger partial charge in [0, 0.05) is 28.1 Å². The number of hydrogen-bond acceptors (Lipinski definition) is 6. The molecule has 0 atom stereocenters. The quantitative estimate of drug-likeness (QED) is 0.517. The van der Waals surface area contributed by atoms with Crippen molar-refractivity contribution in [2.24, 2.45) is 0 Å². The molecule has 0 aliphatic carbocycles. The highest BCUT2D eigenvalue weighted by molar-refractivity contribution is 7.07. The first-order chi connectivity index (χ1) is 12.0. The third kappa shape index (κ3) is 3.71. The summed E-state index contributed by atoms with van der Waals surface area (Å²) in [4.78, 5) is 35.2. The molecule has 3 aromatic rings. The van der Waals surface area contributed by atoms with Crippen molar-refractivity contribution in [3.05, 3.63) is 66.6 Å². The molecule has 25 heavy (non-hydrogen) atoms. The van der Waals surface area contributed by atoms with E-state index in [9.17, 15) is 14.4 Å². The Kier molecular flexibility index (Phi) is 4.85. The molecule has 7 heteroatoms. The number of fused-ring (bicyclic) bond motifs is 1. The van der Waals surface area contributed by atoms with Crippen LogP contribution in [0.15, 0.2) is 43.7 Å². The Bertz CT molecular complexity index is 1040. The Hall–Kier alpha value is -2.67. The zero-order valence-corrected chi connectivity index (χ0v) is 14.7. The van der Waals surface area contributed by atoms with Gasteiger partial charge in [-0.2, -0.15) is 0 Å². The van der Waals surface area contributed by atoms with Crippen molar-refractivity contribution in [3.63, 3.8) is 0 Å². The monoisotopic (exact) mass is 359 g/mol. The summed E-state index contributed by atoms with van der Waals surface area (Å²) in [6, 6.07) is 6.94. The van der Waals surface area contributed by atoms with Crippen LogP contribution >= 0.6 is 11.3 Å². The van der Waals surface area contributed by atoms with E-state index < -0.39 is 11.6 Å². The van der Waals surface area contributed by atoms with E-state index in [2.05, 4.69) is 0 Å². The van der Waals surface area contributed by atoms with Crippen LogP contribution in [0.5, 0.6) is 0 Å². The van der Waals surface area contributed by atoms with Gasteiger partial charge < -0.3 is 9.15 Å². The minimum Gasteiger partial charge on any atom is -0.459 e. The van der Waals surface area contributed by atoms with E-state index in [0.717, 1.165) is 28.7 Å². The van der Waals surface area contributed by atoms with Crippen LogP contribution in [-0.2, 0) is 29.1 Å². The number of hydrogen-bond donors (Lipinski definition) is 0. The van der Waals surface area contributed by atoms with E-state index in [0.29, 0.717) is 16.8 Å². The second kappa shape index (κ2) is 7.06. The number of carbonyl (C=O) groups is 1. The predicted molar refractivity (Wildman–Crippen MR) is 95.0 cm³/mol. The maximum atomic E-state index is 12.0. The van der Waals surface area contributed by atoms with E-state index in [1.807, 2.05) is 25.1 Å². The summed E-state index contributed by atoms with van der Waals surface area (Å²) in [5.74, 6) is -0.532. The van der Waals surface area contributed by atoms with Gasteiger partial charge in [0.2, 0.25) is 0 Å². The number of carbonyl (C=O) groups excluding carboxylic acids is 1. The fourth-order valence-corrected chi connectivity index (χ4v) is 3.28. The first kappa shape index (κ1) is 17.2. The van der Waals surface area contributed by atoms with E-state index in [1.165, 1.54) is 10.6 Å². The molecule has 2 aromatic heterocycles. The van der Waals surface area contributed by atoms with Crippen LogP contribution in [-0.4, -0.2) is 10.5 Å².